The first kappa shape index (κ1) is 21.9. The van der Waals surface area contributed by atoms with E-state index in [1.54, 1.807) is 10.8 Å². The summed E-state index contributed by atoms with van der Waals surface area (Å²) >= 11 is 0. The van der Waals surface area contributed by atoms with Crippen LogP contribution < -0.4 is 0 Å². The summed E-state index contributed by atoms with van der Waals surface area (Å²) in [6, 6.07) is 3.96. The van der Waals surface area contributed by atoms with E-state index in [0.29, 0.717) is 41.3 Å². The SMILES string of the molecule is Cc1cc2c(cc1-c1c(C)noc1C)ncc1nc(C3CCOCC3)n(CCC(F)(F)F)c12. The molecule has 1 aliphatic rings. The molecule has 0 radical (unpaired) electrons. The zero-order valence-corrected chi connectivity index (χ0v) is 18.8. The van der Waals surface area contributed by atoms with Crippen molar-refractivity contribution in [3.63, 3.8) is 0 Å². The fraction of sp³-hybridized carbons (Fsp3) is 0.458. The summed E-state index contributed by atoms with van der Waals surface area (Å²) in [7, 11) is 0. The number of benzene rings is 1. The van der Waals surface area contributed by atoms with Gasteiger partial charge in [0.2, 0.25) is 0 Å². The number of alkyl halides is 3. The van der Waals surface area contributed by atoms with E-state index in [9.17, 15) is 13.2 Å². The smallest absolute Gasteiger partial charge is 0.381 e. The molecule has 0 amide bonds. The van der Waals surface area contributed by atoms with E-state index in [1.807, 2.05) is 32.9 Å². The first-order valence-corrected chi connectivity index (χ1v) is 11.1. The van der Waals surface area contributed by atoms with Crippen molar-refractivity contribution >= 4 is 21.9 Å². The second kappa shape index (κ2) is 8.13. The Labute approximate surface area is 188 Å². The molecule has 0 atom stereocenters. The first-order chi connectivity index (χ1) is 15.7. The van der Waals surface area contributed by atoms with E-state index in [2.05, 4.69) is 10.1 Å². The molecule has 3 aromatic heterocycles. The minimum absolute atomic E-state index is 0.0668. The van der Waals surface area contributed by atoms with Gasteiger partial charge < -0.3 is 13.8 Å². The number of aromatic nitrogens is 4. The molecule has 4 heterocycles. The van der Waals surface area contributed by atoms with Crippen LogP contribution in [0.15, 0.2) is 22.9 Å². The Morgan fingerprint density at radius 2 is 1.85 bits per heavy atom. The molecule has 5 rings (SSSR count). The van der Waals surface area contributed by atoms with Gasteiger partial charge in [-0.2, -0.15) is 13.2 Å². The Hall–Kier alpha value is -2.94. The highest BCUT2D eigenvalue weighted by Crippen LogP contribution is 2.37. The lowest BCUT2D eigenvalue weighted by atomic mass is 9.96. The van der Waals surface area contributed by atoms with Gasteiger partial charge in [0, 0.05) is 36.6 Å². The van der Waals surface area contributed by atoms with E-state index in [0.717, 1.165) is 40.6 Å². The predicted molar refractivity (Wildman–Crippen MR) is 118 cm³/mol. The quantitative estimate of drug-likeness (QED) is 0.375. The van der Waals surface area contributed by atoms with Gasteiger partial charge in [-0.1, -0.05) is 5.16 Å². The Morgan fingerprint density at radius 3 is 2.52 bits per heavy atom. The number of rotatable bonds is 4. The zero-order valence-electron chi connectivity index (χ0n) is 18.8. The van der Waals surface area contributed by atoms with Gasteiger partial charge in [-0.3, -0.25) is 4.98 Å². The molecule has 0 unspecified atom stereocenters. The molecular formula is C24H25F3N4O2. The van der Waals surface area contributed by atoms with Crippen LogP contribution in [0.25, 0.3) is 33.1 Å². The number of ether oxygens (including phenoxy) is 1. The average Bonchev–Trinajstić information content (AvgIpc) is 3.32. The van der Waals surface area contributed by atoms with Crippen molar-refractivity contribution in [2.75, 3.05) is 13.2 Å². The summed E-state index contributed by atoms with van der Waals surface area (Å²) in [6.45, 7) is 6.74. The van der Waals surface area contributed by atoms with Crippen molar-refractivity contribution in [3.8, 4) is 11.1 Å². The highest BCUT2D eigenvalue weighted by molar-refractivity contribution is 6.04. The van der Waals surface area contributed by atoms with E-state index >= 15 is 0 Å². The Bertz CT molecular complexity index is 1310. The zero-order chi connectivity index (χ0) is 23.3. The highest BCUT2D eigenvalue weighted by atomic mass is 19.4. The van der Waals surface area contributed by atoms with Gasteiger partial charge in [-0.15, -0.1) is 0 Å². The number of halogens is 3. The number of fused-ring (bicyclic) bond motifs is 3. The van der Waals surface area contributed by atoms with Crippen molar-refractivity contribution < 1.29 is 22.4 Å². The molecule has 6 nitrogen and oxygen atoms in total. The van der Waals surface area contributed by atoms with Crippen LogP contribution in [0.4, 0.5) is 13.2 Å². The monoisotopic (exact) mass is 458 g/mol. The number of aryl methyl sites for hydroxylation is 4. The molecule has 1 saturated heterocycles. The van der Waals surface area contributed by atoms with Gasteiger partial charge in [0.1, 0.15) is 17.1 Å². The van der Waals surface area contributed by atoms with Crippen molar-refractivity contribution in [3.05, 3.63) is 41.2 Å². The number of pyridine rings is 1. The third-order valence-corrected chi connectivity index (χ3v) is 6.46. The minimum atomic E-state index is -4.25. The third kappa shape index (κ3) is 3.99. The fourth-order valence-electron chi connectivity index (χ4n) is 4.86. The normalized spacial score (nSPS) is 15.7. The fourth-order valence-corrected chi connectivity index (χ4v) is 4.86. The standard InChI is InChI=1S/C24H25F3N4O2/c1-13-10-18-19(11-17(13)21-14(2)30-33-15(21)3)28-12-20-22(18)31(7-6-24(25,26)27)23(29-20)16-4-8-32-9-5-16/h10-12,16H,4-9H2,1-3H3. The second-order valence-electron chi connectivity index (χ2n) is 8.75. The molecule has 174 valence electrons. The maximum absolute atomic E-state index is 13.2. The first-order valence-electron chi connectivity index (χ1n) is 11.1. The van der Waals surface area contributed by atoms with Crippen molar-refractivity contribution in [1.82, 2.24) is 19.7 Å². The molecule has 0 saturated carbocycles. The molecule has 9 heteroatoms. The Kier molecular flexibility index (Phi) is 5.39. The molecule has 1 aliphatic heterocycles. The van der Waals surface area contributed by atoms with E-state index in [1.165, 1.54) is 0 Å². The van der Waals surface area contributed by atoms with Crippen LogP contribution in [0.3, 0.4) is 0 Å². The lowest BCUT2D eigenvalue weighted by Crippen LogP contribution is -2.20. The summed E-state index contributed by atoms with van der Waals surface area (Å²) in [6.07, 6.45) is -2.00. The molecule has 1 fully saturated rings. The van der Waals surface area contributed by atoms with Gasteiger partial charge in [0.25, 0.3) is 0 Å². The van der Waals surface area contributed by atoms with Crippen molar-refractivity contribution in [2.45, 2.75) is 58.7 Å². The van der Waals surface area contributed by atoms with Crippen LogP contribution in [-0.4, -0.2) is 39.1 Å². The molecule has 33 heavy (non-hydrogen) atoms. The molecule has 4 aromatic rings. The summed E-state index contributed by atoms with van der Waals surface area (Å²) in [5.74, 6) is 1.48. The van der Waals surface area contributed by atoms with Crippen LogP contribution in [0.2, 0.25) is 0 Å². The van der Waals surface area contributed by atoms with Gasteiger partial charge in [-0.05, 0) is 56.9 Å². The average molecular weight is 458 g/mol. The van der Waals surface area contributed by atoms with Crippen LogP contribution in [-0.2, 0) is 11.3 Å². The van der Waals surface area contributed by atoms with Gasteiger partial charge in [0.15, 0.2) is 0 Å². The number of imidazole rings is 1. The van der Waals surface area contributed by atoms with Crippen molar-refractivity contribution in [1.29, 1.82) is 0 Å². The lowest BCUT2D eigenvalue weighted by molar-refractivity contribution is -0.136. The van der Waals surface area contributed by atoms with E-state index in [4.69, 9.17) is 14.2 Å². The maximum Gasteiger partial charge on any atom is 0.390 e. The molecule has 0 spiro atoms. The summed E-state index contributed by atoms with van der Waals surface area (Å²) < 4.78 is 52.2. The van der Waals surface area contributed by atoms with Gasteiger partial charge in [-0.25, -0.2) is 4.98 Å². The number of hydrogen-bond donors (Lipinski definition) is 0. The number of hydrogen-bond acceptors (Lipinski definition) is 5. The maximum atomic E-state index is 13.2. The predicted octanol–water partition coefficient (Wildman–Crippen LogP) is 6.01. The van der Waals surface area contributed by atoms with Gasteiger partial charge >= 0.3 is 6.18 Å². The van der Waals surface area contributed by atoms with E-state index < -0.39 is 12.6 Å². The molecule has 0 N–H and O–H groups in total. The number of nitrogens with zero attached hydrogens (tertiary/aromatic N) is 4. The van der Waals surface area contributed by atoms with Crippen LogP contribution >= 0.6 is 0 Å². The molecule has 0 aliphatic carbocycles. The van der Waals surface area contributed by atoms with Crippen LogP contribution in [0, 0.1) is 20.8 Å². The highest BCUT2D eigenvalue weighted by Gasteiger charge is 2.30. The largest absolute Gasteiger partial charge is 0.390 e. The molecular weight excluding hydrogens is 433 g/mol. The molecule has 0 bridgehead atoms. The Balaban J connectivity index is 1.72. The Morgan fingerprint density at radius 1 is 1.09 bits per heavy atom. The van der Waals surface area contributed by atoms with Crippen LogP contribution in [0.5, 0.6) is 0 Å². The van der Waals surface area contributed by atoms with E-state index in [-0.39, 0.29) is 12.5 Å². The topological polar surface area (TPSA) is 66.0 Å². The summed E-state index contributed by atoms with van der Waals surface area (Å²) in [5.41, 5.74) is 5.67. The third-order valence-electron chi connectivity index (χ3n) is 6.46. The minimum Gasteiger partial charge on any atom is -0.381 e. The summed E-state index contributed by atoms with van der Waals surface area (Å²) in [4.78, 5) is 9.38. The lowest BCUT2D eigenvalue weighted by Gasteiger charge is -2.23. The summed E-state index contributed by atoms with van der Waals surface area (Å²) in [5, 5.41) is 4.85. The molecule has 1 aromatic carbocycles. The second-order valence-corrected chi connectivity index (χ2v) is 8.75. The van der Waals surface area contributed by atoms with Gasteiger partial charge in [0.05, 0.1) is 29.3 Å². The van der Waals surface area contributed by atoms with Crippen LogP contribution in [0.1, 0.15) is 48.0 Å². The van der Waals surface area contributed by atoms with Crippen molar-refractivity contribution in [2.24, 2.45) is 0 Å².